The summed E-state index contributed by atoms with van der Waals surface area (Å²) in [4.78, 5) is 25.8. The molecule has 0 unspecified atom stereocenters. The Balaban J connectivity index is 1.86. The molecule has 16 heavy (non-hydrogen) atoms. The molecule has 3 fully saturated rings. The predicted molar refractivity (Wildman–Crippen MR) is 56.4 cm³/mol. The molecule has 3 saturated heterocycles. The van der Waals surface area contributed by atoms with Crippen molar-refractivity contribution in [3.8, 4) is 0 Å². The van der Waals surface area contributed by atoms with Gasteiger partial charge in [-0.2, -0.15) is 0 Å². The first-order chi connectivity index (χ1) is 7.59. The van der Waals surface area contributed by atoms with Gasteiger partial charge in [0.25, 0.3) is 0 Å². The van der Waals surface area contributed by atoms with E-state index in [2.05, 4.69) is 0 Å². The Kier molecular flexibility index (Phi) is 2.11. The number of hydrogen-bond donors (Lipinski definition) is 0. The molecule has 0 saturated carbocycles. The van der Waals surface area contributed by atoms with Gasteiger partial charge in [0.05, 0.1) is 24.0 Å². The van der Waals surface area contributed by atoms with Crippen LogP contribution in [0.5, 0.6) is 0 Å². The van der Waals surface area contributed by atoms with E-state index < -0.39 is 0 Å². The lowest BCUT2D eigenvalue weighted by atomic mass is 9.81. The van der Waals surface area contributed by atoms with Crippen LogP contribution in [0.1, 0.15) is 26.7 Å². The maximum atomic E-state index is 12.1. The first kappa shape index (κ1) is 10.3. The van der Waals surface area contributed by atoms with E-state index >= 15 is 0 Å². The molecule has 4 heteroatoms. The van der Waals surface area contributed by atoms with Crippen LogP contribution in [-0.4, -0.2) is 35.5 Å². The van der Waals surface area contributed by atoms with Crippen molar-refractivity contribution < 1.29 is 14.3 Å². The summed E-state index contributed by atoms with van der Waals surface area (Å²) in [7, 11) is 0. The van der Waals surface area contributed by atoms with Crippen molar-refractivity contribution in [2.24, 2.45) is 17.8 Å². The Hall–Kier alpha value is -0.900. The van der Waals surface area contributed by atoms with E-state index in [9.17, 15) is 9.59 Å². The molecule has 0 spiro atoms. The summed E-state index contributed by atoms with van der Waals surface area (Å²) in [5.74, 6) is 0.0343. The molecule has 4 atom stereocenters. The third kappa shape index (κ3) is 1.19. The first-order valence-electron chi connectivity index (χ1n) is 6.10. The van der Waals surface area contributed by atoms with E-state index in [4.69, 9.17) is 4.74 Å². The van der Waals surface area contributed by atoms with Gasteiger partial charge in [0, 0.05) is 6.54 Å². The number of ether oxygens (including phenoxy) is 1. The van der Waals surface area contributed by atoms with Gasteiger partial charge in [0.1, 0.15) is 0 Å². The van der Waals surface area contributed by atoms with Gasteiger partial charge in [-0.25, -0.2) is 0 Å². The summed E-state index contributed by atoms with van der Waals surface area (Å²) in [6.45, 7) is 4.61. The second-order valence-electron chi connectivity index (χ2n) is 5.52. The molecule has 3 aliphatic heterocycles. The average Bonchev–Trinajstić information content (AvgIpc) is 2.87. The van der Waals surface area contributed by atoms with Gasteiger partial charge in [-0.3, -0.25) is 14.5 Å². The zero-order valence-electron chi connectivity index (χ0n) is 9.68. The number of carbonyl (C=O) groups is 2. The first-order valence-corrected chi connectivity index (χ1v) is 6.10. The van der Waals surface area contributed by atoms with Gasteiger partial charge in [-0.05, 0) is 18.8 Å². The van der Waals surface area contributed by atoms with Crippen molar-refractivity contribution in [3.63, 3.8) is 0 Å². The summed E-state index contributed by atoms with van der Waals surface area (Å²) in [6, 6.07) is 0. The van der Waals surface area contributed by atoms with Crippen LogP contribution in [0.4, 0.5) is 0 Å². The fourth-order valence-electron chi connectivity index (χ4n) is 3.32. The summed E-state index contributed by atoms with van der Waals surface area (Å²) >= 11 is 0. The van der Waals surface area contributed by atoms with Crippen molar-refractivity contribution >= 4 is 11.8 Å². The van der Waals surface area contributed by atoms with E-state index in [-0.39, 0.29) is 35.9 Å². The SMILES string of the molecule is CC(C)CN1C(=O)[C@@H]2[C@@H](C1=O)[C@H]1CC[C@@H]2O1. The molecular formula is C12H17NO3. The largest absolute Gasteiger partial charge is 0.373 e. The lowest BCUT2D eigenvalue weighted by Gasteiger charge is -2.19. The van der Waals surface area contributed by atoms with E-state index in [1.165, 1.54) is 4.90 Å². The van der Waals surface area contributed by atoms with Gasteiger partial charge in [-0.15, -0.1) is 0 Å². The number of imide groups is 1. The molecule has 88 valence electrons. The molecule has 3 aliphatic rings. The van der Waals surface area contributed by atoms with Crippen LogP contribution in [0.15, 0.2) is 0 Å². The monoisotopic (exact) mass is 223 g/mol. The van der Waals surface area contributed by atoms with Crippen LogP contribution in [0.25, 0.3) is 0 Å². The standard InChI is InChI=1S/C12H17NO3/c1-6(2)5-13-11(14)9-7-3-4-8(16-7)10(9)12(13)15/h6-10H,3-5H2,1-2H3/t7-,8+,9-,10-/m0/s1. The molecule has 0 N–H and O–H groups in total. The predicted octanol–water partition coefficient (Wildman–Crippen LogP) is 0.805. The molecule has 3 heterocycles. The zero-order valence-corrected chi connectivity index (χ0v) is 9.68. The third-order valence-electron chi connectivity index (χ3n) is 3.92. The maximum absolute atomic E-state index is 12.1. The molecule has 4 nitrogen and oxygen atoms in total. The minimum absolute atomic E-state index is 0.0101. The molecule has 0 radical (unpaired) electrons. The number of rotatable bonds is 2. The molecule has 3 rings (SSSR count). The summed E-state index contributed by atoms with van der Waals surface area (Å²) in [6.07, 6.45) is 1.92. The molecule has 0 aliphatic carbocycles. The molecule has 2 amide bonds. The number of carbonyl (C=O) groups excluding carboxylic acids is 2. The van der Waals surface area contributed by atoms with E-state index in [1.807, 2.05) is 13.8 Å². The van der Waals surface area contributed by atoms with Crippen LogP contribution >= 0.6 is 0 Å². The third-order valence-corrected chi connectivity index (χ3v) is 3.92. The normalized spacial score (nSPS) is 41.3. The number of fused-ring (bicyclic) bond motifs is 5. The maximum Gasteiger partial charge on any atom is 0.235 e. The quantitative estimate of drug-likeness (QED) is 0.651. The number of nitrogens with zero attached hydrogens (tertiary/aromatic N) is 1. The molecule has 0 aromatic heterocycles. The van der Waals surface area contributed by atoms with Crippen molar-refractivity contribution in [1.82, 2.24) is 4.90 Å². The van der Waals surface area contributed by atoms with Crippen molar-refractivity contribution in [2.45, 2.75) is 38.9 Å². The Labute approximate surface area is 94.9 Å². The highest BCUT2D eigenvalue weighted by Crippen LogP contribution is 2.48. The fraction of sp³-hybridized carbons (Fsp3) is 0.833. The van der Waals surface area contributed by atoms with Crippen LogP contribution < -0.4 is 0 Å². The summed E-state index contributed by atoms with van der Waals surface area (Å²) in [5, 5.41) is 0. The average molecular weight is 223 g/mol. The van der Waals surface area contributed by atoms with Gasteiger partial charge in [0.2, 0.25) is 11.8 Å². The number of amides is 2. The van der Waals surface area contributed by atoms with Gasteiger partial charge >= 0.3 is 0 Å². The fourth-order valence-corrected chi connectivity index (χ4v) is 3.32. The van der Waals surface area contributed by atoms with Gasteiger partial charge < -0.3 is 4.74 Å². The highest BCUT2D eigenvalue weighted by Gasteiger charge is 2.62. The van der Waals surface area contributed by atoms with Crippen LogP contribution in [-0.2, 0) is 14.3 Å². The van der Waals surface area contributed by atoms with Crippen molar-refractivity contribution in [2.75, 3.05) is 6.54 Å². The molecule has 0 aromatic carbocycles. The Bertz CT molecular complexity index is 324. The van der Waals surface area contributed by atoms with Crippen molar-refractivity contribution in [3.05, 3.63) is 0 Å². The lowest BCUT2D eigenvalue weighted by molar-refractivity contribution is -0.143. The highest BCUT2D eigenvalue weighted by atomic mass is 16.5. The molecule has 0 aromatic rings. The van der Waals surface area contributed by atoms with Crippen LogP contribution in [0, 0.1) is 17.8 Å². The zero-order chi connectivity index (χ0) is 11.4. The summed E-state index contributed by atoms with van der Waals surface area (Å²) in [5.41, 5.74) is 0. The second-order valence-corrected chi connectivity index (χ2v) is 5.52. The number of hydrogen-bond acceptors (Lipinski definition) is 3. The lowest BCUT2D eigenvalue weighted by Crippen LogP contribution is -2.36. The summed E-state index contributed by atoms with van der Waals surface area (Å²) < 4.78 is 5.67. The minimum atomic E-state index is -0.162. The van der Waals surface area contributed by atoms with E-state index in [0.29, 0.717) is 12.5 Å². The highest BCUT2D eigenvalue weighted by molar-refractivity contribution is 6.06. The van der Waals surface area contributed by atoms with Gasteiger partial charge in [-0.1, -0.05) is 13.8 Å². The Morgan fingerprint density at radius 2 is 1.69 bits per heavy atom. The molecule has 2 bridgehead atoms. The van der Waals surface area contributed by atoms with E-state index in [0.717, 1.165) is 12.8 Å². The smallest absolute Gasteiger partial charge is 0.235 e. The minimum Gasteiger partial charge on any atom is -0.373 e. The number of likely N-dealkylation sites (tertiary alicyclic amines) is 1. The Morgan fingerprint density at radius 1 is 1.19 bits per heavy atom. The van der Waals surface area contributed by atoms with Crippen LogP contribution in [0.2, 0.25) is 0 Å². The van der Waals surface area contributed by atoms with Crippen molar-refractivity contribution in [1.29, 1.82) is 0 Å². The molecular weight excluding hydrogens is 206 g/mol. The Morgan fingerprint density at radius 3 is 2.12 bits per heavy atom. The van der Waals surface area contributed by atoms with E-state index in [1.54, 1.807) is 0 Å². The van der Waals surface area contributed by atoms with Gasteiger partial charge in [0.15, 0.2) is 0 Å². The van der Waals surface area contributed by atoms with Crippen LogP contribution in [0.3, 0.4) is 0 Å². The second kappa shape index (κ2) is 3.29. The topological polar surface area (TPSA) is 46.6 Å².